The minimum absolute atomic E-state index is 0.113. The van der Waals surface area contributed by atoms with Crippen LogP contribution in [0.3, 0.4) is 0 Å². The van der Waals surface area contributed by atoms with Crippen molar-refractivity contribution in [2.24, 2.45) is 0 Å². The molecular formula is C26H28N2O3. The van der Waals surface area contributed by atoms with Crippen LogP contribution in [-0.2, 0) is 12.8 Å². The molecule has 5 nitrogen and oxygen atoms in total. The molecule has 0 fully saturated rings. The van der Waals surface area contributed by atoms with Crippen molar-refractivity contribution in [3.8, 4) is 5.75 Å². The topological polar surface area (TPSA) is 62.4 Å². The SMILES string of the molecule is CCCCCCOc1ccc2[nH]c3c(c2c1)CC(N1C(=O)c2ccccc2C1=O)CC3. The molecule has 3 aromatic rings. The highest BCUT2D eigenvalue weighted by molar-refractivity contribution is 6.21. The summed E-state index contributed by atoms with van der Waals surface area (Å²) in [5.41, 5.74) is 4.56. The average molecular weight is 417 g/mol. The second kappa shape index (κ2) is 8.22. The van der Waals surface area contributed by atoms with Crippen molar-refractivity contribution >= 4 is 22.7 Å². The fraction of sp³-hybridized carbons (Fsp3) is 0.385. The lowest BCUT2D eigenvalue weighted by atomic mass is 9.90. The molecule has 0 bridgehead atoms. The van der Waals surface area contributed by atoms with Crippen molar-refractivity contribution in [1.29, 1.82) is 0 Å². The normalized spacial score (nSPS) is 17.8. The van der Waals surface area contributed by atoms with Gasteiger partial charge in [-0.15, -0.1) is 0 Å². The molecule has 1 aliphatic carbocycles. The number of aryl methyl sites for hydroxylation is 1. The van der Waals surface area contributed by atoms with Gasteiger partial charge in [-0.1, -0.05) is 38.3 Å². The van der Waals surface area contributed by atoms with E-state index in [4.69, 9.17) is 4.74 Å². The van der Waals surface area contributed by atoms with Crippen molar-refractivity contribution in [2.75, 3.05) is 6.61 Å². The Morgan fingerprint density at radius 3 is 2.55 bits per heavy atom. The molecule has 31 heavy (non-hydrogen) atoms. The Hall–Kier alpha value is -3.08. The number of H-pyrrole nitrogens is 1. The number of rotatable bonds is 7. The summed E-state index contributed by atoms with van der Waals surface area (Å²) in [7, 11) is 0. The number of fused-ring (bicyclic) bond motifs is 4. The lowest BCUT2D eigenvalue weighted by molar-refractivity contribution is 0.0571. The average Bonchev–Trinajstić information content (AvgIpc) is 3.28. The van der Waals surface area contributed by atoms with Crippen LogP contribution in [0.5, 0.6) is 5.75 Å². The van der Waals surface area contributed by atoms with E-state index >= 15 is 0 Å². The van der Waals surface area contributed by atoms with Crippen LogP contribution in [0.2, 0.25) is 0 Å². The van der Waals surface area contributed by atoms with Gasteiger partial charge in [0, 0.05) is 22.6 Å². The number of ether oxygens (including phenoxy) is 1. The predicted octanol–water partition coefficient (Wildman–Crippen LogP) is 5.28. The maximum Gasteiger partial charge on any atom is 0.261 e. The number of carbonyl (C=O) groups excluding carboxylic acids is 2. The Labute approximate surface area is 182 Å². The fourth-order valence-electron chi connectivity index (χ4n) is 4.95. The number of aromatic amines is 1. The quantitative estimate of drug-likeness (QED) is 0.421. The smallest absolute Gasteiger partial charge is 0.261 e. The first-order valence-corrected chi connectivity index (χ1v) is 11.4. The Kier molecular flexibility index (Phi) is 5.26. The van der Waals surface area contributed by atoms with Gasteiger partial charge in [-0.2, -0.15) is 0 Å². The van der Waals surface area contributed by atoms with Gasteiger partial charge >= 0.3 is 0 Å². The van der Waals surface area contributed by atoms with Crippen LogP contribution in [-0.4, -0.2) is 34.3 Å². The van der Waals surface area contributed by atoms with Crippen molar-refractivity contribution in [3.63, 3.8) is 0 Å². The summed E-state index contributed by atoms with van der Waals surface area (Å²) < 4.78 is 5.99. The molecule has 0 radical (unpaired) electrons. The van der Waals surface area contributed by atoms with Gasteiger partial charge in [-0.05, 0) is 61.6 Å². The van der Waals surface area contributed by atoms with Crippen molar-refractivity contribution < 1.29 is 14.3 Å². The summed E-state index contributed by atoms with van der Waals surface area (Å²) >= 11 is 0. The van der Waals surface area contributed by atoms with E-state index in [-0.39, 0.29) is 17.9 Å². The second-order valence-corrected chi connectivity index (χ2v) is 8.62. The molecule has 1 unspecified atom stereocenters. The Balaban J connectivity index is 1.37. The van der Waals surface area contributed by atoms with Crippen LogP contribution < -0.4 is 4.74 Å². The zero-order chi connectivity index (χ0) is 21.4. The molecule has 0 saturated heterocycles. The van der Waals surface area contributed by atoms with Gasteiger partial charge in [0.25, 0.3) is 11.8 Å². The maximum absolute atomic E-state index is 12.9. The summed E-state index contributed by atoms with van der Waals surface area (Å²) in [5.74, 6) is 0.559. The van der Waals surface area contributed by atoms with Crippen molar-refractivity contribution in [1.82, 2.24) is 9.88 Å². The van der Waals surface area contributed by atoms with E-state index in [9.17, 15) is 9.59 Å². The number of nitrogens with zero attached hydrogens (tertiary/aromatic N) is 1. The summed E-state index contributed by atoms with van der Waals surface area (Å²) in [4.78, 5) is 30.9. The molecule has 0 spiro atoms. The molecule has 0 saturated carbocycles. The maximum atomic E-state index is 12.9. The van der Waals surface area contributed by atoms with Gasteiger partial charge in [0.1, 0.15) is 5.75 Å². The van der Waals surface area contributed by atoms with Crippen LogP contribution in [0.4, 0.5) is 0 Å². The zero-order valence-corrected chi connectivity index (χ0v) is 17.9. The van der Waals surface area contributed by atoms with Gasteiger partial charge in [-0.25, -0.2) is 0 Å². The minimum Gasteiger partial charge on any atom is -0.494 e. The molecule has 1 atom stereocenters. The first-order valence-electron chi connectivity index (χ1n) is 11.4. The van der Waals surface area contributed by atoms with Crippen LogP contribution in [0.25, 0.3) is 10.9 Å². The number of carbonyl (C=O) groups is 2. The van der Waals surface area contributed by atoms with Gasteiger partial charge in [-0.3, -0.25) is 14.5 Å². The van der Waals surface area contributed by atoms with E-state index < -0.39 is 0 Å². The van der Waals surface area contributed by atoms with E-state index in [2.05, 4.69) is 24.0 Å². The second-order valence-electron chi connectivity index (χ2n) is 8.62. The number of nitrogens with one attached hydrogen (secondary N) is 1. The monoisotopic (exact) mass is 416 g/mol. The Bertz CT molecular complexity index is 1110. The third-order valence-electron chi connectivity index (χ3n) is 6.59. The third-order valence-corrected chi connectivity index (χ3v) is 6.59. The van der Waals surface area contributed by atoms with Crippen LogP contribution in [0.15, 0.2) is 42.5 Å². The lowest BCUT2D eigenvalue weighted by Gasteiger charge is -2.29. The molecule has 2 amide bonds. The third kappa shape index (κ3) is 3.52. The van der Waals surface area contributed by atoms with E-state index in [1.165, 1.54) is 35.4 Å². The molecule has 1 aliphatic heterocycles. The summed E-state index contributed by atoms with van der Waals surface area (Å²) in [6, 6.07) is 13.2. The Morgan fingerprint density at radius 1 is 1.03 bits per heavy atom. The highest BCUT2D eigenvalue weighted by Gasteiger charge is 2.41. The molecule has 1 N–H and O–H groups in total. The number of hydrogen-bond acceptors (Lipinski definition) is 3. The van der Waals surface area contributed by atoms with Gasteiger partial charge < -0.3 is 9.72 Å². The number of aromatic nitrogens is 1. The summed E-state index contributed by atoms with van der Waals surface area (Å²) in [5, 5.41) is 1.14. The molecule has 1 aromatic heterocycles. The number of benzene rings is 2. The molecule has 2 aliphatic rings. The molecule has 160 valence electrons. The standard InChI is InChI=1S/C26H28N2O3/c1-2-3-4-7-14-31-18-11-13-24-22(16-18)21-15-17(10-12-23(21)27-24)28-25(29)19-8-5-6-9-20(19)26(28)30/h5-6,8-9,11,13,16-17,27H,2-4,7,10,12,14-15H2,1H3. The largest absolute Gasteiger partial charge is 0.494 e. The number of imide groups is 1. The molecule has 2 aromatic carbocycles. The first-order chi connectivity index (χ1) is 15.2. The number of unbranched alkanes of at least 4 members (excludes halogenated alkanes) is 3. The van der Waals surface area contributed by atoms with Crippen molar-refractivity contribution in [3.05, 3.63) is 64.8 Å². The highest BCUT2D eigenvalue weighted by Crippen LogP contribution is 2.35. The van der Waals surface area contributed by atoms with Crippen LogP contribution in [0, 0.1) is 0 Å². The molecule has 5 rings (SSSR count). The van der Waals surface area contributed by atoms with Gasteiger partial charge in [0.05, 0.1) is 17.7 Å². The molecular weight excluding hydrogens is 388 g/mol. The molecule has 2 heterocycles. The van der Waals surface area contributed by atoms with Crippen molar-refractivity contribution in [2.45, 2.75) is 57.9 Å². The number of hydrogen-bond donors (Lipinski definition) is 1. The first kappa shape index (κ1) is 19.9. The van der Waals surface area contributed by atoms with Crippen LogP contribution in [0.1, 0.15) is 71.0 Å². The van der Waals surface area contributed by atoms with E-state index in [0.29, 0.717) is 17.5 Å². The highest BCUT2D eigenvalue weighted by atomic mass is 16.5. The molecule has 5 heteroatoms. The lowest BCUT2D eigenvalue weighted by Crippen LogP contribution is -2.43. The number of amides is 2. The fourth-order valence-corrected chi connectivity index (χ4v) is 4.95. The van der Waals surface area contributed by atoms with E-state index in [1.54, 1.807) is 12.1 Å². The van der Waals surface area contributed by atoms with Gasteiger partial charge in [0.2, 0.25) is 0 Å². The Morgan fingerprint density at radius 2 is 1.81 bits per heavy atom. The van der Waals surface area contributed by atoms with E-state index in [1.807, 2.05) is 18.2 Å². The van der Waals surface area contributed by atoms with Crippen LogP contribution >= 0.6 is 0 Å². The summed E-state index contributed by atoms with van der Waals surface area (Å²) in [6.07, 6.45) is 7.02. The zero-order valence-electron chi connectivity index (χ0n) is 17.9. The minimum atomic E-state index is -0.162. The predicted molar refractivity (Wildman–Crippen MR) is 121 cm³/mol. The van der Waals surface area contributed by atoms with Gasteiger partial charge in [0.15, 0.2) is 0 Å². The summed E-state index contributed by atoms with van der Waals surface area (Å²) in [6.45, 7) is 2.94. The van der Waals surface area contributed by atoms with E-state index in [0.717, 1.165) is 42.5 Å².